The van der Waals surface area contributed by atoms with Crippen molar-refractivity contribution in [3.05, 3.63) is 41.2 Å². The van der Waals surface area contributed by atoms with Crippen LogP contribution in [-0.4, -0.2) is 58.5 Å². The highest BCUT2D eigenvalue weighted by Crippen LogP contribution is 2.54. The molecule has 7 nitrogen and oxygen atoms in total. The number of carbonyl (C=O) groups excluding carboxylic acids is 1. The fourth-order valence-corrected chi connectivity index (χ4v) is 6.29. The van der Waals surface area contributed by atoms with Gasteiger partial charge in [0, 0.05) is 43.7 Å². The van der Waals surface area contributed by atoms with Crippen molar-refractivity contribution in [1.29, 1.82) is 0 Å². The lowest BCUT2D eigenvalue weighted by Crippen LogP contribution is -2.57. The number of fused-ring (bicyclic) bond motifs is 4. The second-order valence-electron chi connectivity index (χ2n) is 11.6. The molecule has 0 aromatic carbocycles. The van der Waals surface area contributed by atoms with Gasteiger partial charge in [-0.2, -0.15) is 0 Å². The molecule has 1 amide bonds. The molecule has 0 saturated heterocycles. The van der Waals surface area contributed by atoms with Gasteiger partial charge in [-0.25, -0.2) is 18.7 Å². The zero-order chi connectivity index (χ0) is 26.1. The van der Waals surface area contributed by atoms with Gasteiger partial charge in [0.1, 0.15) is 12.2 Å². The number of ether oxygens (including phenoxy) is 1. The van der Waals surface area contributed by atoms with Crippen molar-refractivity contribution in [2.45, 2.75) is 89.5 Å². The molecule has 3 saturated carbocycles. The number of alkyl halides is 2. The van der Waals surface area contributed by atoms with Gasteiger partial charge in [-0.15, -0.1) is 0 Å². The van der Waals surface area contributed by atoms with Crippen LogP contribution in [0.4, 0.5) is 8.78 Å². The van der Waals surface area contributed by atoms with Gasteiger partial charge in [-0.1, -0.05) is 6.07 Å². The van der Waals surface area contributed by atoms with E-state index >= 15 is 0 Å². The first-order valence-corrected chi connectivity index (χ1v) is 13.6. The molecule has 4 aliphatic rings. The van der Waals surface area contributed by atoms with Crippen LogP contribution in [0, 0.1) is 12.3 Å². The summed E-state index contributed by atoms with van der Waals surface area (Å²) in [5.74, 6) is -1.38. The SMILES string of the molecule is Cc1cnc(CC(=O)NC23CCC(CCN4CCc5ccc(OCC(C)(F)F)nc5CC4)(CC2)CC3)o1. The minimum atomic E-state index is -2.87. The summed E-state index contributed by atoms with van der Waals surface area (Å²) in [6, 6.07) is 3.69. The van der Waals surface area contributed by atoms with Crippen LogP contribution in [-0.2, 0) is 24.1 Å². The molecule has 9 heteroatoms. The highest BCUT2D eigenvalue weighted by molar-refractivity contribution is 5.78. The van der Waals surface area contributed by atoms with E-state index in [-0.39, 0.29) is 23.7 Å². The van der Waals surface area contributed by atoms with E-state index in [2.05, 4.69) is 20.2 Å². The van der Waals surface area contributed by atoms with Crippen LogP contribution in [0.5, 0.6) is 5.88 Å². The predicted molar refractivity (Wildman–Crippen MR) is 135 cm³/mol. The van der Waals surface area contributed by atoms with Crippen molar-refractivity contribution >= 4 is 5.91 Å². The zero-order valence-corrected chi connectivity index (χ0v) is 22.0. The number of hydrogen-bond acceptors (Lipinski definition) is 6. The number of nitrogens with zero attached hydrogens (tertiary/aromatic N) is 3. The summed E-state index contributed by atoms with van der Waals surface area (Å²) < 4.78 is 37.0. The van der Waals surface area contributed by atoms with Gasteiger partial charge < -0.3 is 19.4 Å². The molecular formula is C28H38F2N4O3. The summed E-state index contributed by atoms with van der Waals surface area (Å²) in [5.41, 5.74) is 2.45. The lowest BCUT2D eigenvalue weighted by Gasteiger charge is -2.54. The second kappa shape index (κ2) is 10.3. The summed E-state index contributed by atoms with van der Waals surface area (Å²) >= 11 is 0. The van der Waals surface area contributed by atoms with Crippen molar-refractivity contribution in [2.24, 2.45) is 5.41 Å². The van der Waals surface area contributed by atoms with Crippen LogP contribution >= 0.6 is 0 Å². The number of carbonyl (C=O) groups is 1. The number of halogens is 2. The van der Waals surface area contributed by atoms with Gasteiger partial charge >= 0.3 is 0 Å². The number of rotatable bonds is 9. The maximum Gasteiger partial charge on any atom is 0.278 e. The van der Waals surface area contributed by atoms with Gasteiger partial charge in [0.2, 0.25) is 17.7 Å². The number of pyridine rings is 1. The molecule has 0 unspecified atom stereocenters. The Bertz CT molecular complexity index is 1090. The van der Waals surface area contributed by atoms with Gasteiger partial charge in [-0.05, 0) is 75.8 Å². The Kier molecular flexibility index (Phi) is 7.27. The molecule has 1 aliphatic heterocycles. The van der Waals surface area contributed by atoms with Crippen LogP contribution in [0.15, 0.2) is 22.7 Å². The van der Waals surface area contributed by atoms with Crippen LogP contribution in [0.2, 0.25) is 0 Å². The smallest absolute Gasteiger partial charge is 0.278 e. The minimum absolute atomic E-state index is 0.00551. The molecular weight excluding hydrogens is 478 g/mol. The number of amides is 1. The molecule has 0 atom stereocenters. The number of aromatic nitrogens is 2. The van der Waals surface area contributed by atoms with Crippen LogP contribution in [0.25, 0.3) is 0 Å². The lowest BCUT2D eigenvalue weighted by molar-refractivity contribution is -0.125. The van der Waals surface area contributed by atoms with E-state index in [1.54, 1.807) is 12.3 Å². The van der Waals surface area contributed by atoms with Crippen molar-refractivity contribution in [2.75, 3.05) is 26.2 Å². The highest BCUT2D eigenvalue weighted by atomic mass is 19.3. The summed E-state index contributed by atoms with van der Waals surface area (Å²) in [6.45, 7) is 4.99. The van der Waals surface area contributed by atoms with E-state index in [9.17, 15) is 13.6 Å². The van der Waals surface area contributed by atoms with Crippen molar-refractivity contribution in [1.82, 2.24) is 20.2 Å². The van der Waals surface area contributed by atoms with Crippen LogP contribution in [0.1, 0.15) is 74.8 Å². The van der Waals surface area contributed by atoms with E-state index < -0.39 is 12.5 Å². The molecule has 0 spiro atoms. The largest absolute Gasteiger partial charge is 0.471 e. The standard InChI is InChI=1S/C28H38F2N4O3/c1-20-18-31-25(37-20)17-23(35)33-28-10-7-27(8-11-28,9-12-28)13-16-34-14-5-21-3-4-24(32-22(21)6-15-34)36-19-26(2,29)30/h3-4,18H,5-17,19H2,1-2H3,(H,33,35). The number of aryl methyl sites for hydroxylation is 1. The maximum absolute atomic E-state index is 13.1. The lowest BCUT2D eigenvalue weighted by atomic mass is 9.56. The molecule has 202 valence electrons. The molecule has 37 heavy (non-hydrogen) atoms. The Hall–Kier alpha value is -2.55. The highest BCUT2D eigenvalue weighted by Gasteiger charge is 2.49. The summed E-state index contributed by atoms with van der Waals surface area (Å²) in [4.78, 5) is 23.9. The molecule has 0 radical (unpaired) electrons. The first kappa shape index (κ1) is 26.1. The minimum Gasteiger partial charge on any atom is -0.471 e. The van der Waals surface area contributed by atoms with Crippen LogP contribution < -0.4 is 10.1 Å². The fraction of sp³-hybridized carbons (Fsp3) is 0.679. The first-order chi connectivity index (χ1) is 17.6. The number of oxazole rings is 1. The Labute approximate surface area is 217 Å². The molecule has 1 N–H and O–H groups in total. The van der Waals surface area contributed by atoms with E-state index in [0.717, 1.165) is 89.4 Å². The van der Waals surface area contributed by atoms with E-state index in [0.29, 0.717) is 11.3 Å². The van der Waals surface area contributed by atoms with Gasteiger partial charge in [-0.3, -0.25) is 4.79 Å². The topological polar surface area (TPSA) is 80.5 Å². The Morgan fingerprint density at radius 3 is 2.57 bits per heavy atom. The maximum atomic E-state index is 13.1. The fourth-order valence-electron chi connectivity index (χ4n) is 6.29. The monoisotopic (exact) mass is 516 g/mol. The Balaban J connectivity index is 1.09. The van der Waals surface area contributed by atoms with E-state index in [1.807, 2.05) is 13.0 Å². The Morgan fingerprint density at radius 2 is 1.89 bits per heavy atom. The van der Waals surface area contributed by atoms with Crippen molar-refractivity contribution in [3.63, 3.8) is 0 Å². The van der Waals surface area contributed by atoms with Crippen LogP contribution in [0.3, 0.4) is 0 Å². The average molecular weight is 517 g/mol. The van der Waals surface area contributed by atoms with Gasteiger partial charge in [0.05, 0.1) is 6.20 Å². The summed E-state index contributed by atoms with van der Waals surface area (Å²) in [5, 5.41) is 3.33. The molecule has 2 aromatic heterocycles. The molecule has 2 bridgehead atoms. The molecule has 3 fully saturated rings. The van der Waals surface area contributed by atoms with E-state index in [4.69, 9.17) is 9.15 Å². The third-order valence-corrected chi connectivity index (χ3v) is 8.62. The third-order valence-electron chi connectivity index (χ3n) is 8.62. The molecule has 3 heterocycles. The third kappa shape index (κ3) is 6.48. The molecule has 3 aliphatic carbocycles. The normalized spacial score (nSPS) is 25.9. The Morgan fingerprint density at radius 1 is 1.16 bits per heavy atom. The summed E-state index contributed by atoms with van der Waals surface area (Å²) in [7, 11) is 0. The predicted octanol–water partition coefficient (Wildman–Crippen LogP) is 4.65. The van der Waals surface area contributed by atoms with Crippen molar-refractivity contribution < 1.29 is 22.7 Å². The van der Waals surface area contributed by atoms with Gasteiger partial charge in [0.25, 0.3) is 5.92 Å². The number of nitrogens with one attached hydrogen (secondary N) is 1. The molecule has 2 aromatic rings. The van der Waals surface area contributed by atoms with Gasteiger partial charge in [0.15, 0.2) is 6.61 Å². The molecule has 6 rings (SSSR count). The zero-order valence-electron chi connectivity index (χ0n) is 22.0. The second-order valence-corrected chi connectivity index (χ2v) is 11.6. The average Bonchev–Trinajstić information content (AvgIpc) is 3.15. The summed E-state index contributed by atoms with van der Waals surface area (Å²) in [6.07, 6.45) is 11.3. The quantitative estimate of drug-likeness (QED) is 0.523. The van der Waals surface area contributed by atoms with E-state index in [1.165, 1.54) is 12.0 Å². The van der Waals surface area contributed by atoms with Crippen molar-refractivity contribution in [3.8, 4) is 5.88 Å². The first-order valence-electron chi connectivity index (χ1n) is 13.6. The number of hydrogen-bond donors (Lipinski definition) is 1.